The number of carbonyl (C=O) groups is 2. The molecule has 2 aromatic rings. The lowest BCUT2D eigenvalue weighted by atomic mass is 9.82. The molecular weight excluding hydrogens is 314 g/mol. The molecule has 0 bridgehead atoms. The van der Waals surface area contributed by atoms with Gasteiger partial charge in [0.15, 0.2) is 0 Å². The fourth-order valence-corrected chi connectivity index (χ4v) is 2.98. The maximum atomic E-state index is 12.3. The summed E-state index contributed by atoms with van der Waals surface area (Å²) in [4.78, 5) is 24.1. The molecule has 2 unspecified atom stereocenters. The normalized spacial score (nSPS) is 14.4. The maximum Gasteiger partial charge on any atom is 0.315 e. The van der Waals surface area contributed by atoms with Gasteiger partial charge in [0, 0.05) is 13.0 Å². The largest absolute Gasteiger partial charge is 0.481 e. The standard InChI is InChI=1S/C21H25NO3/c1-15-9-7-8-12-18(15)16(2)13-19(23)22-14-21(3,20(24)25)17-10-5-4-6-11-17/h4-12,16H,13-14H2,1-3H3,(H,22,23)(H,24,25). The Kier molecular flexibility index (Phi) is 5.97. The lowest BCUT2D eigenvalue weighted by Gasteiger charge is -2.26. The first-order chi connectivity index (χ1) is 11.8. The van der Waals surface area contributed by atoms with Crippen LogP contribution >= 0.6 is 0 Å². The number of carboxylic acid groups (broad SMARTS) is 1. The Hall–Kier alpha value is -2.62. The van der Waals surface area contributed by atoms with Crippen LogP contribution in [0.1, 0.15) is 42.9 Å². The highest BCUT2D eigenvalue weighted by Gasteiger charge is 2.35. The number of benzene rings is 2. The van der Waals surface area contributed by atoms with Crippen molar-refractivity contribution >= 4 is 11.9 Å². The number of carboxylic acids is 1. The molecule has 0 aliphatic carbocycles. The van der Waals surface area contributed by atoms with Crippen molar-refractivity contribution in [3.8, 4) is 0 Å². The molecule has 2 rings (SSSR count). The molecule has 4 heteroatoms. The third-order valence-corrected chi connectivity index (χ3v) is 4.73. The van der Waals surface area contributed by atoms with Gasteiger partial charge in [0.05, 0.1) is 0 Å². The van der Waals surface area contributed by atoms with Crippen LogP contribution in [0.3, 0.4) is 0 Å². The van der Waals surface area contributed by atoms with Crippen molar-refractivity contribution in [2.45, 2.75) is 38.5 Å². The van der Waals surface area contributed by atoms with Crippen LogP contribution in [0, 0.1) is 6.92 Å². The second-order valence-corrected chi connectivity index (χ2v) is 6.74. The molecule has 0 spiro atoms. The van der Waals surface area contributed by atoms with Gasteiger partial charge >= 0.3 is 5.97 Å². The summed E-state index contributed by atoms with van der Waals surface area (Å²) in [5.41, 5.74) is 1.82. The van der Waals surface area contributed by atoms with Crippen molar-refractivity contribution in [3.63, 3.8) is 0 Å². The Bertz CT molecular complexity index is 742. The summed E-state index contributed by atoms with van der Waals surface area (Å²) in [5.74, 6) is -1.01. The molecule has 1 amide bonds. The monoisotopic (exact) mass is 339 g/mol. The summed E-state index contributed by atoms with van der Waals surface area (Å²) in [6, 6.07) is 17.0. The summed E-state index contributed by atoms with van der Waals surface area (Å²) < 4.78 is 0. The van der Waals surface area contributed by atoms with Gasteiger partial charge in [-0.1, -0.05) is 61.5 Å². The number of aryl methyl sites for hydroxylation is 1. The SMILES string of the molecule is Cc1ccccc1C(C)CC(=O)NCC(C)(C(=O)O)c1ccccc1. The molecule has 0 saturated carbocycles. The topological polar surface area (TPSA) is 66.4 Å². The fourth-order valence-electron chi connectivity index (χ4n) is 2.98. The second-order valence-electron chi connectivity index (χ2n) is 6.74. The molecule has 2 atom stereocenters. The summed E-state index contributed by atoms with van der Waals surface area (Å²) in [5, 5.41) is 12.4. The molecule has 132 valence electrons. The van der Waals surface area contributed by atoms with E-state index in [1.165, 1.54) is 0 Å². The highest BCUT2D eigenvalue weighted by Crippen LogP contribution is 2.25. The molecule has 25 heavy (non-hydrogen) atoms. The van der Waals surface area contributed by atoms with Gasteiger partial charge in [-0.2, -0.15) is 0 Å². The van der Waals surface area contributed by atoms with Crippen molar-refractivity contribution in [1.82, 2.24) is 5.32 Å². The quantitative estimate of drug-likeness (QED) is 0.809. The van der Waals surface area contributed by atoms with Crippen LogP contribution in [0.5, 0.6) is 0 Å². The Morgan fingerprint density at radius 3 is 2.28 bits per heavy atom. The van der Waals surface area contributed by atoms with E-state index in [1.807, 2.05) is 44.2 Å². The smallest absolute Gasteiger partial charge is 0.315 e. The summed E-state index contributed by atoms with van der Waals surface area (Å²) in [6.07, 6.45) is 0.329. The first-order valence-corrected chi connectivity index (χ1v) is 8.45. The van der Waals surface area contributed by atoms with Crippen LogP contribution in [-0.2, 0) is 15.0 Å². The molecule has 0 aliphatic rings. The minimum absolute atomic E-state index is 0.0612. The number of hydrogen-bond donors (Lipinski definition) is 2. The molecule has 0 radical (unpaired) electrons. The van der Waals surface area contributed by atoms with Gasteiger partial charge in [-0.3, -0.25) is 9.59 Å². The first-order valence-electron chi connectivity index (χ1n) is 8.45. The first kappa shape index (κ1) is 18.7. The molecule has 2 aromatic carbocycles. The lowest BCUT2D eigenvalue weighted by molar-refractivity contribution is -0.143. The van der Waals surface area contributed by atoms with E-state index >= 15 is 0 Å². The third kappa shape index (κ3) is 4.47. The molecule has 0 saturated heterocycles. The number of carbonyl (C=O) groups excluding carboxylic acids is 1. The van der Waals surface area contributed by atoms with E-state index in [2.05, 4.69) is 5.32 Å². The number of aliphatic carboxylic acids is 1. The van der Waals surface area contributed by atoms with Crippen molar-refractivity contribution in [1.29, 1.82) is 0 Å². The van der Waals surface area contributed by atoms with Gasteiger partial charge in [0.25, 0.3) is 0 Å². The number of amides is 1. The van der Waals surface area contributed by atoms with E-state index in [0.29, 0.717) is 12.0 Å². The van der Waals surface area contributed by atoms with E-state index in [0.717, 1.165) is 11.1 Å². The lowest BCUT2D eigenvalue weighted by Crippen LogP contribution is -2.44. The average molecular weight is 339 g/mol. The molecule has 0 heterocycles. The highest BCUT2D eigenvalue weighted by atomic mass is 16.4. The van der Waals surface area contributed by atoms with Crippen LogP contribution in [0.25, 0.3) is 0 Å². The molecule has 0 fully saturated rings. The second kappa shape index (κ2) is 7.97. The van der Waals surface area contributed by atoms with Gasteiger partial charge in [0.1, 0.15) is 5.41 Å². The van der Waals surface area contributed by atoms with E-state index in [-0.39, 0.29) is 18.4 Å². The molecular formula is C21H25NO3. The number of rotatable bonds is 7. The third-order valence-electron chi connectivity index (χ3n) is 4.73. The van der Waals surface area contributed by atoms with Crippen molar-refractivity contribution in [3.05, 3.63) is 71.3 Å². The summed E-state index contributed by atoms with van der Waals surface area (Å²) >= 11 is 0. The number of hydrogen-bond acceptors (Lipinski definition) is 2. The molecule has 0 aliphatic heterocycles. The molecule has 0 aromatic heterocycles. The predicted octanol–water partition coefficient (Wildman–Crippen LogP) is 3.65. The van der Waals surface area contributed by atoms with E-state index in [4.69, 9.17) is 0 Å². The zero-order chi connectivity index (χ0) is 18.4. The van der Waals surface area contributed by atoms with Gasteiger partial charge in [-0.05, 0) is 36.5 Å². The summed E-state index contributed by atoms with van der Waals surface area (Å²) in [6.45, 7) is 5.73. The minimum atomic E-state index is -1.15. The van der Waals surface area contributed by atoms with Crippen LogP contribution in [-0.4, -0.2) is 23.5 Å². The van der Waals surface area contributed by atoms with Crippen molar-refractivity contribution < 1.29 is 14.7 Å². The predicted molar refractivity (Wildman–Crippen MR) is 98.7 cm³/mol. The Morgan fingerprint density at radius 2 is 1.68 bits per heavy atom. The Morgan fingerprint density at radius 1 is 1.08 bits per heavy atom. The van der Waals surface area contributed by atoms with Crippen molar-refractivity contribution in [2.75, 3.05) is 6.54 Å². The summed E-state index contributed by atoms with van der Waals surface area (Å²) in [7, 11) is 0. The maximum absolute atomic E-state index is 12.3. The molecule has 4 nitrogen and oxygen atoms in total. The van der Waals surface area contributed by atoms with Gasteiger partial charge in [-0.25, -0.2) is 0 Å². The Labute approximate surface area is 148 Å². The van der Waals surface area contributed by atoms with Crippen LogP contribution in [0.4, 0.5) is 0 Å². The van der Waals surface area contributed by atoms with Gasteiger partial charge < -0.3 is 10.4 Å². The minimum Gasteiger partial charge on any atom is -0.481 e. The zero-order valence-electron chi connectivity index (χ0n) is 15.0. The van der Waals surface area contributed by atoms with Crippen LogP contribution < -0.4 is 5.32 Å². The van der Waals surface area contributed by atoms with Gasteiger partial charge in [-0.15, -0.1) is 0 Å². The van der Waals surface area contributed by atoms with E-state index in [9.17, 15) is 14.7 Å². The van der Waals surface area contributed by atoms with Crippen LogP contribution in [0.2, 0.25) is 0 Å². The van der Waals surface area contributed by atoms with E-state index < -0.39 is 11.4 Å². The van der Waals surface area contributed by atoms with E-state index in [1.54, 1.807) is 31.2 Å². The average Bonchev–Trinajstić information content (AvgIpc) is 2.60. The van der Waals surface area contributed by atoms with Gasteiger partial charge in [0.2, 0.25) is 5.91 Å². The molecule has 2 N–H and O–H groups in total. The zero-order valence-corrected chi connectivity index (χ0v) is 15.0. The van der Waals surface area contributed by atoms with Crippen LogP contribution in [0.15, 0.2) is 54.6 Å². The fraction of sp³-hybridized carbons (Fsp3) is 0.333. The highest BCUT2D eigenvalue weighted by molar-refractivity contribution is 5.83. The van der Waals surface area contributed by atoms with Crippen molar-refractivity contribution in [2.24, 2.45) is 0 Å². The Balaban J connectivity index is 2.02. The number of nitrogens with one attached hydrogen (secondary N) is 1.